The molecule has 1 aliphatic rings. The molecule has 1 heterocycles. The number of nitrogens with zero attached hydrogens (tertiary/aromatic N) is 1. The minimum absolute atomic E-state index is 0.0845. The highest BCUT2D eigenvalue weighted by molar-refractivity contribution is 6.33. The maximum atomic E-state index is 12.3. The molecule has 1 N–H and O–H groups in total. The largest absolute Gasteiger partial charge is 0.345 e. The first-order valence-corrected chi connectivity index (χ1v) is 7.10. The van der Waals surface area contributed by atoms with Gasteiger partial charge in [0.25, 0.3) is 5.91 Å². The highest BCUT2D eigenvalue weighted by Crippen LogP contribution is 2.24. The highest BCUT2D eigenvalue weighted by atomic mass is 35.5. The van der Waals surface area contributed by atoms with Gasteiger partial charge in [0.15, 0.2) is 0 Å². The second kappa shape index (κ2) is 5.51. The van der Waals surface area contributed by atoms with E-state index in [2.05, 4.69) is 31.0 Å². The summed E-state index contributed by atoms with van der Waals surface area (Å²) < 4.78 is 0. The number of carbonyl (C=O) groups is 1. The predicted molar refractivity (Wildman–Crippen MR) is 78.6 cm³/mol. The lowest BCUT2D eigenvalue weighted by molar-refractivity contribution is 0.0906. The van der Waals surface area contributed by atoms with Gasteiger partial charge in [-0.3, -0.25) is 9.69 Å². The van der Waals surface area contributed by atoms with Crippen LogP contribution in [0.4, 0.5) is 0 Å². The van der Waals surface area contributed by atoms with Gasteiger partial charge in [0.05, 0.1) is 16.1 Å². The second-order valence-corrected chi connectivity index (χ2v) is 6.22. The number of amides is 1. The summed E-state index contributed by atoms with van der Waals surface area (Å²) in [4.78, 5) is 14.7. The normalized spacial score (nSPS) is 23.8. The zero-order valence-corrected chi connectivity index (χ0v) is 12.5. The van der Waals surface area contributed by atoms with Crippen LogP contribution in [-0.4, -0.2) is 35.5 Å². The molecule has 1 aromatic rings. The lowest BCUT2D eigenvalue weighted by atomic mass is 10.0. The van der Waals surface area contributed by atoms with Gasteiger partial charge in [-0.2, -0.15) is 0 Å². The summed E-state index contributed by atoms with van der Waals surface area (Å²) in [5.41, 5.74) is 0.383. The molecule has 0 spiro atoms. The number of likely N-dealkylation sites (tertiary alicyclic amines) is 1. The fourth-order valence-corrected chi connectivity index (χ4v) is 2.75. The van der Waals surface area contributed by atoms with E-state index >= 15 is 0 Å². The molecule has 0 radical (unpaired) electrons. The van der Waals surface area contributed by atoms with Crippen LogP contribution in [0.1, 0.15) is 37.6 Å². The molecule has 4 heteroatoms. The number of carbonyl (C=O) groups excluding carboxylic acids is 1. The smallest absolute Gasteiger partial charge is 0.253 e. The lowest BCUT2D eigenvalue weighted by Gasteiger charge is -2.28. The number of rotatable bonds is 3. The first kappa shape index (κ1) is 14.4. The van der Waals surface area contributed by atoms with Crippen LogP contribution in [0.2, 0.25) is 5.02 Å². The van der Waals surface area contributed by atoms with E-state index in [9.17, 15) is 4.79 Å². The van der Waals surface area contributed by atoms with E-state index in [0.29, 0.717) is 16.6 Å². The summed E-state index contributed by atoms with van der Waals surface area (Å²) in [6, 6.07) is 7.68. The monoisotopic (exact) mass is 280 g/mol. The van der Waals surface area contributed by atoms with Crippen molar-refractivity contribution in [2.24, 2.45) is 0 Å². The zero-order valence-electron chi connectivity index (χ0n) is 11.7. The van der Waals surface area contributed by atoms with Gasteiger partial charge in [-0.15, -0.1) is 0 Å². The SMILES string of the molecule is CC(C)N1CCC(C)(NC(=O)c2ccccc2Cl)C1. The predicted octanol–water partition coefficient (Wildman–Crippen LogP) is 2.94. The van der Waals surface area contributed by atoms with E-state index in [-0.39, 0.29) is 11.4 Å². The fraction of sp³-hybridized carbons (Fsp3) is 0.533. The lowest BCUT2D eigenvalue weighted by Crippen LogP contribution is -2.48. The Labute approximate surface area is 119 Å². The van der Waals surface area contributed by atoms with Crippen LogP contribution in [0, 0.1) is 0 Å². The molecule has 0 aliphatic carbocycles. The molecule has 1 amide bonds. The van der Waals surface area contributed by atoms with E-state index in [0.717, 1.165) is 19.5 Å². The molecular formula is C15H21ClN2O. The summed E-state index contributed by atoms with van der Waals surface area (Å²) in [6.45, 7) is 8.38. The summed E-state index contributed by atoms with van der Waals surface area (Å²) in [6.07, 6.45) is 0.974. The Morgan fingerprint density at radius 3 is 2.68 bits per heavy atom. The third-order valence-corrected chi connectivity index (χ3v) is 4.10. The zero-order chi connectivity index (χ0) is 14.0. The number of nitrogens with one attached hydrogen (secondary N) is 1. The third kappa shape index (κ3) is 3.28. The van der Waals surface area contributed by atoms with Gasteiger partial charge in [0.2, 0.25) is 0 Å². The van der Waals surface area contributed by atoms with Gasteiger partial charge >= 0.3 is 0 Å². The van der Waals surface area contributed by atoms with Crippen molar-refractivity contribution in [3.8, 4) is 0 Å². The minimum Gasteiger partial charge on any atom is -0.345 e. The molecule has 2 rings (SSSR count). The quantitative estimate of drug-likeness (QED) is 0.923. The van der Waals surface area contributed by atoms with Gasteiger partial charge < -0.3 is 5.32 Å². The Morgan fingerprint density at radius 2 is 2.11 bits per heavy atom. The van der Waals surface area contributed by atoms with Gasteiger partial charge in [-0.05, 0) is 39.3 Å². The van der Waals surface area contributed by atoms with Crippen molar-refractivity contribution < 1.29 is 4.79 Å². The highest BCUT2D eigenvalue weighted by Gasteiger charge is 2.36. The Bertz CT molecular complexity index is 475. The topological polar surface area (TPSA) is 32.3 Å². The van der Waals surface area contributed by atoms with Crippen molar-refractivity contribution in [3.63, 3.8) is 0 Å². The molecule has 0 saturated carbocycles. The Balaban J connectivity index is 2.06. The van der Waals surface area contributed by atoms with Gasteiger partial charge in [-0.25, -0.2) is 0 Å². The minimum atomic E-state index is -0.166. The fourth-order valence-electron chi connectivity index (χ4n) is 2.53. The maximum absolute atomic E-state index is 12.3. The van der Waals surface area contributed by atoms with Gasteiger partial charge in [0, 0.05) is 19.1 Å². The van der Waals surface area contributed by atoms with Crippen LogP contribution >= 0.6 is 11.6 Å². The van der Waals surface area contributed by atoms with Crippen LogP contribution in [0.5, 0.6) is 0 Å². The van der Waals surface area contributed by atoms with Crippen molar-refractivity contribution in [2.45, 2.75) is 38.8 Å². The summed E-state index contributed by atoms with van der Waals surface area (Å²) in [5.74, 6) is -0.0845. The number of hydrogen-bond acceptors (Lipinski definition) is 2. The summed E-state index contributed by atoms with van der Waals surface area (Å²) in [7, 11) is 0. The molecule has 104 valence electrons. The van der Waals surface area contributed by atoms with Crippen molar-refractivity contribution >= 4 is 17.5 Å². The van der Waals surface area contributed by atoms with Gasteiger partial charge in [-0.1, -0.05) is 23.7 Å². The van der Waals surface area contributed by atoms with Crippen LogP contribution in [-0.2, 0) is 0 Å². The molecule has 1 aliphatic heterocycles. The Hall–Kier alpha value is -1.06. The van der Waals surface area contributed by atoms with E-state index in [1.54, 1.807) is 12.1 Å². The van der Waals surface area contributed by atoms with Crippen LogP contribution in [0.3, 0.4) is 0 Å². The van der Waals surface area contributed by atoms with Gasteiger partial charge in [0.1, 0.15) is 0 Å². The first-order valence-electron chi connectivity index (χ1n) is 6.72. The first-order chi connectivity index (χ1) is 8.91. The Morgan fingerprint density at radius 1 is 1.42 bits per heavy atom. The average molecular weight is 281 g/mol. The molecule has 0 bridgehead atoms. The van der Waals surface area contributed by atoms with Crippen molar-refractivity contribution in [2.75, 3.05) is 13.1 Å². The number of benzene rings is 1. The second-order valence-electron chi connectivity index (χ2n) is 5.81. The summed E-state index contributed by atoms with van der Waals surface area (Å²) >= 11 is 6.06. The molecule has 1 saturated heterocycles. The molecule has 1 atom stereocenters. The van der Waals surface area contributed by atoms with E-state index in [1.165, 1.54) is 0 Å². The van der Waals surface area contributed by atoms with Crippen molar-refractivity contribution in [3.05, 3.63) is 34.9 Å². The molecule has 3 nitrogen and oxygen atoms in total. The van der Waals surface area contributed by atoms with Crippen molar-refractivity contribution in [1.82, 2.24) is 10.2 Å². The van der Waals surface area contributed by atoms with Crippen LogP contribution < -0.4 is 5.32 Å². The average Bonchev–Trinajstić information content (AvgIpc) is 2.72. The molecule has 0 aromatic heterocycles. The maximum Gasteiger partial charge on any atom is 0.253 e. The molecular weight excluding hydrogens is 260 g/mol. The number of halogens is 1. The molecule has 1 aromatic carbocycles. The number of hydrogen-bond donors (Lipinski definition) is 1. The molecule has 1 unspecified atom stereocenters. The van der Waals surface area contributed by atoms with Crippen LogP contribution in [0.25, 0.3) is 0 Å². The third-order valence-electron chi connectivity index (χ3n) is 3.77. The standard InChI is InChI=1S/C15H21ClN2O/c1-11(2)18-9-8-15(3,10-18)17-14(19)12-6-4-5-7-13(12)16/h4-7,11H,8-10H2,1-3H3,(H,17,19). The van der Waals surface area contributed by atoms with E-state index < -0.39 is 0 Å². The molecule has 1 fully saturated rings. The Kier molecular flexibility index (Phi) is 4.16. The van der Waals surface area contributed by atoms with Crippen molar-refractivity contribution in [1.29, 1.82) is 0 Å². The molecule has 19 heavy (non-hydrogen) atoms. The van der Waals surface area contributed by atoms with E-state index in [1.807, 2.05) is 12.1 Å². The summed E-state index contributed by atoms with van der Waals surface area (Å²) in [5, 5.41) is 3.63. The van der Waals surface area contributed by atoms with E-state index in [4.69, 9.17) is 11.6 Å². The van der Waals surface area contributed by atoms with Crippen LogP contribution in [0.15, 0.2) is 24.3 Å².